The van der Waals surface area contributed by atoms with Crippen LogP contribution in [0.4, 0.5) is 0 Å². The van der Waals surface area contributed by atoms with E-state index >= 15 is 0 Å². The van der Waals surface area contributed by atoms with Gasteiger partial charge in [0.15, 0.2) is 10.4 Å². The lowest BCUT2D eigenvalue weighted by molar-refractivity contribution is 0.0920. The largest absolute Gasteiger partial charge is 0.444 e. The fourth-order valence-corrected chi connectivity index (χ4v) is 2.57. The van der Waals surface area contributed by atoms with E-state index in [9.17, 15) is 4.79 Å². The topological polar surface area (TPSA) is 45.5 Å². The summed E-state index contributed by atoms with van der Waals surface area (Å²) in [6, 6.07) is 3.40. The number of furan rings is 1. The molecule has 1 amide bonds. The number of rotatable bonds is 4. The van der Waals surface area contributed by atoms with Crippen LogP contribution < -0.4 is 5.32 Å². The zero-order valence-corrected chi connectivity index (χ0v) is 12.2. The summed E-state index contributed by atoms with van der Waals surface area (Å²) in [7, 11) is 2.16. The Hall–Kier alpha value is -0.810. The quantitative estimate of drug-likeness (QED) is 0.928. The molecule has 1 aromatic rings. The Morgan fingerprint density at radius 2 is 2.22 bits per heavy atom. The summed E-state index contributed by atoms with van der Waals surface area (Å²) in [5.41, 5.74) is 0. The molecule has 0 aromatic carbocycles. The normalized spacial score (nSPS) is 17.9. The van der Waals surface area contributed by atoms with Crippen molar-refractivity contribution in [3.63, 3.8) is 0 Å². The van der Waals surface area contributed by atoms with E-state index in [-0.39, 0.29) is 5.91 Å². The molecule has 0 radical (unpaired) electrons. The Morgan fingerprint density at radius 3 is 2.83 bits per heavy atom. The highest BCUT2D eigenvalue weighted by Gasteiger charge is 2.17. The monoisotopic (exact) mass is 314 g/mol. The third-order valence-corrected chi connectivity index (χ3v) is 3.90. The van der Waals surface area contributed by atoms with Crippen LogP contribution in [-0.4, -0.2) is 37.5 Å². The van der Waals surface area contributed by atoms with Gasteiger partial charge in [-0.25, -0.2) is 0 Å². The molecule has 1 aromatic heterocycles. The zero-order chi connectivity index (χ0) is 13.0. The number of nitrogens with one attached hydrogen (secondary N) is 1. The second-order valence-corrected chi connectivity index (χ2v) is 5.68. The van der Waals surface area contributed by atoms with E-state index in [1.165, 1.54) is 25.9 Å². The molecule has 0 aliphatic carbocycles. The summed E-state index contributed by atoms with van der Waals surface area (Å²) in [4.78, 5) is 14.1. The van der Waals surface area contributed by atoms with Gasteiger partial charge in [0.25, 0.3) is 5.91 Å². The Labute approximate surface area is 116 Å². The van der Waals surface area contributed by atoms with Crippen LogP contribution in [0, 0.1) is 5.92 Å². The highest BCUT2D eigenvalue weighted by Crippen LogP contribution is 2.19. The standard InChI is InChI=1S/C13H19BrN2O2/c1-16-8-5-10(6-9-16)4-7-15-13(17)11-2-3-12(14)18-11/h2-3,10H,4-9H2,1H3,(H,15,17). The maximum Gasteiger partial charge on any atom is 0.287 e. The van der Waals surface area contributed by atoms with Crippen molar-refractivity contribution >= 4 is 21.8 Å². The summed E-state index contributed by atoms with van der Waals surface area (Å²) in [5, 5.41) is 2.90. The minimum atomic E-state index is -0.131. The van der Waals surface area contributed by atoms with Gasteiger partial charge >= 0.3 is 0 Å². The van der Waals surface area contributed by atoms with Crippen LogP contribution in [-0.2, 0) is 0 Å². The van der Waals surface area contributed by atoms with Crippen molar-refractivity contribution in [1.29, 1.82) is 0 Å². The maximum absolute atomic E-state index is 11.7. The number of halogens is 1. The Balaban J connectivity index is 1.67. The molecule has 100 valence electrons. The number of amides is 1. The summed E-state index contributed by atoms with van der Waals surface area (Å²) in [5.74, 6) is 0.976. The fraction of sp³-hybridized carbons (Fsp3) is 0.615. The summed E-state index contributed by atoms with van der Waals surface area (Å²) in [6.07, 6.45) is 3.53. The second-order valence-electron chi connectivity index (χ2n) is 4.89. The van der Waals surface area contributed by atoms with Crippen LogP contribution in [0.1, 0.15) is 29.8 Å². The van der Waals surface area contributed by atoms with Crippen LogP contribution >= 0.6 is 15.9 Å². The average Bonchev–Trinajstić information content (AvgIpc) is 2.78. The molecule has 0 unspecified atom stereocenters. The first-order valence-electron chi connectivity index (χ1n) is 6.37. The van der Waals surface area contributed by atoms with Gasteiger partial charge in [-0.2, -0.15) is 0 Å². The van der Waals surface area contributed by atoms with Crippen molar-refractivity contribution in [3.05, 3.63) is 22.6 Å². The molecule has 1 fully saturated rings. The van der Waals surface area contributed by atoms with Crippen molar-refractivity contribution < 1.29 is 9.21 Å². The molecule has 0 spiro atoms. The van der Waals surface area contributed by atoms with E-state index in [1.807, 2.05) is 0 Å². The Kier molecular flexibility index (Phi) is 4.83. The summed E-state index contributed by atoms with van der Waals surface area (Å²) < 4.78 is 5.79. The Morgan fingerprint density at radius 1 is 1.50 bits per heavy atom. The van der Waals surface area contributed by atoms with Crippen LogP contribution in [0.5, 0.6) is 0 Å². The van der Waals surface area contributed by atoms with Gasteiger partial charge in [-0.3, -0.25) is 4.79 Å². The van der Waals surface area contributed by atoms with Crippen molar-refractivity contribution in [2.24, 2.45) is 5.92 Å². The molecule has 0 atom stereocenters. The minimum absolute atomic E-state index is 0.131. The highest BCUT2D eigenvalue weighted by atomic mass is 79.9. The molecule has 18 heavy (non-hydrogen) atoms. The first-order chi connectivity index (χ1) is 8.65. The SMILES string of the molecule is CN1CCC(CCNC(=O)c2ccc(Br)o2)CC1. The van der Waals surface area contributed by atoms with E-state index in [1.54, 1.807) is 12.1 Å². The number of likely N-dealkylation sites (tertiary alicyclic amines) is 1. The molecule has 1 aliphatic heterocycles. The third kappa shape index (κ3) is 3.85. The molecule has 2 heterocycles. The highest BCUT2D eigenvalue weighted by molar-refractivity contribution is 9.10. The molecule has 1 saturated heterocycles. The van der Waals surface area contributed by atoms with Gasteiger partial charge in [0.2, 0.25) is 0 Å². The van der Waals surface area contributed by atoms with Crippen LogP contribution in [0.15, 0.2) is 21.2 Å². The van der Waals surface area contributed by atoms with E-state index in [4.69, 9.17) is 4.42 Å². The first-order valence-corrected chi connectivity index (χ1v) is 7.16. The third-order valence-electron chi connectivity index (χ3n) is 3.47. The van der Waals surface area contributed by atoms with Crippen molar-refractivity contribution in [2.45, 2.75) is 19.3 Å². The van der Waals surface area contributed by atoms with E-state index in [2.05, 4.69) is 33.2 Å². The van der Waals surface area contributed by atoms with Crippen molar-refractivity contribution in [1.82, 2.24) is 10.2 Å². The van der Waals surface area contributed by atoms with Gasteiger partial charge in [0.05, 0.1) is 0 Å². The van der Waals surface area contributed by atoms with Crippen molar-refractivity contribution in [3.8, 4) is 0 Å². The van der Waals surface area contributed by atoms with Gasteiger partial charge in [-0.15, -0.1) is 0 Å². The summed E-state index contributed by atoms with van der Waals surface area (Å²) in [6.45, 7) is 3.07. The Bertz CT molecular complexity index is 397. The lowest BCUT2D eigenvalue weighted by atomic mass is 9.94. The number of nitrogens with zero attached hydrogens (tertiary/aromatic N) is 1. The predicted octanol–water partition coefficient (Wildman–Crippen LogP) is 2.50. The van der Waals surface area contributed by atoms with Crippen LogP contribution in [0.3, 0.4) is 0 Å². The second kappa shape index (κ2) is 6.38. The van der Waals surface area contributed by atoms with Crippen LogP contribution in [0.2, 0.25) is 0 Å². The zero-order valence-electron chi connectivity index (χ0n) is 10.6. The smallest absolute Gasteiger partial charge is 0.287 e. The molecule has 4 nitrogen and oxygen atoms in total. The molecule has 0 saturated carbocycles. The number of piperidine rings is 1. The van der Waals surface area contributed by atoms with Gasteiger partial charge in [0, 0.05) is 6.54 Å². The van der Waals surface area contributed by atoms with Gasteiger partial charge < -0.3 is 14.6 Å². The number of carbonyl (C=O) groups excluding carboxylic acids is 1. The first kappa shape index (κ1) is 13.6. The molecule has 1 N–H and O–H groups in total. The molecule has 1 aliphatic rings. The number of hydrogen-bond donors (Lipinski definition) is 1. The summed E-state index contributed by atoms with van der Waals surface area (Å²) >= 11 is 3.19. The molecule has 2 rings (SSSR count). The van der Waals surface area contributed by atoms with E-state index < -0.39 is 0 Å². The average molecular weight is 315 g/mol. The molecule has 0 bridgehead atoms. The van der Waals surface area contributed by atoms with Crippen molar-refractivity contribution in [2.75, 3.05) is 26.7 Å². The van der Waals surface area contributed by atoms with Gasteiger partial charge in [-0.05, 0) is 73.4 Å². The maximum atomic E-state index is 11.7. The predicted molar refractivity (Wildman–Crippen MR) is 73.6 cm³/mol. The van der Waals surface area contributed by atoms with Gasteiger partial charge in [-0.1, -0.05) is 0 Å². The lowest BCUT2D eigenvalue weighted by Crippen LogP contribution is -2.32. The minimum Gasteiger partial charge on any atom is -0.444 e. The van der Waals surface area contributed by atoms with Crippen LogP contribution in [0.25, 0.3) is 0 Å². The fourth-order valence-electron chi connectivity index (χ4n) is 2.26. The molecule has 5 heteroatoms. The molecular formula is C13H19BrN2O2. The van der Waals surface area contributed by atoms with E-state index in [0.717, 1.165) is 18.9 Å². The number of carbonyl (C=O) groups is 1. The van der Waals surface area contributed by atoms with Gasteiger partial charge in [0.1, 0.15) is 0 Å². The van der Waals surface area contributed by atoms with E-state index in [0.29, 0.717) is 10.4 Å². The molecular weight excluding hydrogens is 296 g/mol. The number of hydrogen-bond acceptors (Lipinski definition) is 3. The lowest BCUT2D eigenvalue weighted by Gasteiger charge is -2.28.